The average Bonchev–Trinajstić information content (AvgIpc) is 3.00. The number of ether oxygens (including phenoxy) is 1. The molecular formula is C18H20BrNO4S. The summed E-state index contributed by atoms with van der Waals surface area (Å²) in [4.78, 5) is 14.4. The van der Waals surface area contributed by atoms with Crippen molar-refractivity contribution >= 4 is 31.9 Å². The van der Waals surface area contributed by atoms with Crippen LogP contribution in [0.4, 0.5) is 4.79 Å². The van der Waals surface area contributed by atoms with Crippen LogP contribution in [0.1, 0.15) is 26.3 Å². The molecule has 3 rings (SSSR count). The summed E-state index contributed by atoms with van der Waals surface area (Å²) in [5.41, 5.74) is 0.334. The molecule has 25 heavy (non-hydrogen) atoms. The van der Waals surface area contributed by atoms with Gasteiger partial charge in [0, 0.05) is 4.48 Å². The minimum atomic E-state index is -3.67. The fourth-order valence-corrected chi connectivity index (χ4v) is 5.09. The van der Waals surface area contributed by atoms with Crippen molar-refractivity contribution in [2.45, 2.75) is 50.3 Å². The molecule has 2 aliphatic heterocycles. The molecule has 0 radical (unpaired) electrons. The molecule has 2 aliphatic rings. The smallest absolute Gasteiger partial charge is 0.411 e. The van der Waals surface area contributed by atoms with Gasteiger partial charge in [-0.1, -0.05) is 33.6 Å². The van der Waals surface area contributed by atoms with Gasteiger partial charge in [0.15, 0.2) is 0 Å². The van der Waals surface area contributed by atoms with Crippen LogP contribution in [0, 0.1) is 6.92 Å². The maximum atomic E-state index is 13.0. The van der Waals surface area contributed by atoms with Gasteiger partial charge in [-0.2, -0.15) is 0 Å². The number of rotatable bonds is 2. The average molecular weight is 426 g/mol. The van der Waals surface area contributed by atoms with Crippen LogP contribution < -0.4 is 0 Å². The van der Waals surface area contributed by atoms with Gasteiger partial charge in [0.25, 0.3) is 0 Å². The Morgan fingerprint density at radius 1 is 1.12 bits per heavy atom. The van der Waals surface area contributed by atoms with Crippen molar-refractivity contribution in [1.82, 2.24) is 4.90 Å². The van der Waals surface area contributed by atoms with Crippen molar-refractivity contribution in [2.24, 2.45) is 0 Å². The van der Waals surface area contributed by atoms with Crippen molar-refractivity contribution in [1.29, 1.82) is 0 Å². The minimum Gasteiger partial charge on any atom is -0.444 e. The summed E-state index contributed by atoms with van der Waals surface area (Å²) >= 11 is 3.42. The first kappa shape index (κ1) is 18.2. The van der Waals surface area contributed by atoms with Crippen LogP contribution in [0.3, 0.4) is 0 Å². The Kier molecular flexibility index (Phi) is 4.36. The summed E-state index contributed by atoms with van der Waals surface area (Å²) in [5.74, 6) is 0. The third-order valence-corrected chi connectivity index (χ3v) is 6.68. The Balaban J connectivity index is 1.93. The van der Waals surface area contributed by atoms with Crippen LogP contribution in [0.15, 0.2) is 50.7 Å². The molecule has 0 N–H and O–H groups in total. The molecule has 0 fully saturated rings. The molecule has 2 heterocycles. The summed E-state index contributed by atoms with van der Waals surface area (Å²) in [6.07, 6.45) is 2.84. The first-order valence-corrected chi connectivity index (χ1v) is 10.2. The molecule has 1 aromatic carbocycles. The molecule has 0 saturated heterocycles. The fourth-order valence-electron chi connectivity index (χ4n) is 2.91. The molecule has 0 saturated carbocycles. The second-order valence-corrected chi connectivity index (χ2v) is 10.1. The molecular weight excluding hydrogens is 406 g/mol. The van der Waals surface area contributed by atoms with Gasteiger partial charge in [0.2, 0.25) is 9.84 Å². The number of nitrogens with zero attached hydrogens (tertiary/aromatic N) is 1. The summed E-state index contributed by atoms with van der Waals surface area (Å²) in [5, 5.41) is 0. The Hall–Kier alpha value is -1.60. The number of sulfone groups is 1. The van der Waals surface area contributed by atoms with E-state index < -0.39 is 33.6 Å². The van der Waals surface area contributed by atoms with Crippen LogP contribution in [0.5, 0.6) is 0 Å². The molecule has 0 aromatic heterocycles. The quantitative estimate of drug-likeness (QED) is 0.719. The Morgan fingerprint density at radius 2 is 1.72 bits per heavy atom. The van der Waals surface area contributed by atoms with Crippen LogP contribution >= 0.6 is 15.9 Å². The van der Waals surface area contributed by atoms with Crippen molar-refractivity contribution in [2.75, 3.05) is 0 Å². The van der Waals surface area contributed by atoms with Crippen molar-refractivity contribution in [3.8, 4) is 0 Å². The van der Waals surface area contributed by atoms with E-state index in [0.29, 0.717) is 0 Å². The normalized spacial score (nSPS) is 22.7. The highest BCUT2D eigenvalue weighted by Gasteiger charge is 2.49. The lowest BCUT2D eigenvalue weighted by Crippen LogP contribution is -2.42. The van der Waals surface area contributed by atoms with Gasteiger partial charge in [-0.25, -0.2) is 13.2 Å². The number of aryl methyl sites for hydroxylation is 1. The van der Waals surface area contributed by atoms with Crippen LogP contribution in [0.25, 0.3) is 0 Å². The van der Waals surface area contributed by atoms with Gasteiger partial charge >= 0.3 is 6.09 Å². The van der Waals surface area contributed by atoms with Gasteiger partial charge in [-0.15, -0.1) is 0 Å². The second kappa shape index (κ2) is 5.99. The number of carbonyl (C=O) groups is 1. The zero-order valence-electron chi connectivity index (χ0n) is 14.5. The Bertz CT molecular complexity index is 879. The maximum Gasteiger partial charge on any atom is 0.411 e. The summed E-state index contributed by atoms with van der Waals surface area (Å²) in [6, 6.07) is 5.61. The lowest BCUT2D eigenvalue weighted by molar-refractivity contribution is 0.0244. The third kappa shape index (κ3) is 3.27. The molecule has 0 aliphatic carbocycles. The number of carbonyl (C=O) groups excluding carboxylic acids is 1. The van der Waals surface area contributed by atoms with Crippen molar-refractivity contribution in [3.05, 3.63) is 51.4 Å². The van der Waals surface area contributed by atoms with E-state index in [2.05, 4.69) is 15.9 Å². The third-order valence-electron chi connectivity index (χ3n) is 4.06. The standard InChI is InChI=1S/C18H20BrNO4S/c1-11-5-7-12(8-6-11)25(22,23)16-10-14-13(19)9-15(16)20(14)17(21)24-18(2,3)4/h5-10,14-15H,1-4H3. The van der Waals surface area contributed by atoms with E-state index in [9.17, 15) is 13.2 Å². The lowest BCUT2D eigenvalue weighted by atomic mass is 10.2. The van der Waals surface area contributed by atoms with Crippen molar-refractivity contribution in [3.63, 3.8) is 0 Å². The number of hydrogen-bond acceptors (Lipinski definition) is 4. The second-order valence-electron chi connectivity index (χ2n) is 7.21. The first-order chi connectivity index (χ1) is 11.5. The number of benzene rings is 1. The van der Waals surface area contributed by atoms with E-state index in [1.54, 1.807) is 57.2 Å². The Morgan fingerprint density at radius 3 is 2.28 bits per heavy atom. The maximum absolute atomic E-state index is 13.0. The first-order valence-electron chi connectivity index (χ1n) is 7.93. The van der Waals surface area contributed by atoms with Crippen LogP contribution in [-0.4, -0.2) is 37.1 Å². The predicted octanol–water partition coefficient (Wildman–Crippen LogP) is 3.93. The predicted molar refractivity (Wildman–Crippen MR) is 99.1 cm³/mol. The van der Waals surface area contributed by atoms with E-state index in [-0.39, 0.29) is 9.80 Å². The highest BCUT2D eigenvalue weighted by molar-refractivity contribution is 9.11. The van der Waals surface area contributed by atoms with Crippen molar-refractivity contribution < 1.29 is 17.9 Å². The molecule has 7 heteroatoms. The van der Waals surface area contributed by atoms with Gasteiger partial charge < -0.3 is 4.74 Å². The summed E-state index contributed by atoms with van der Waals surface area (Å²) in [7, 11) is -3.67. The fraction of sp³-hybridized carbons (Fsp3) is 0.389. The molecule has 134 valence electrons. The van der Waals surface area contributed by atoms with E-state index in [1.807, 2.05) is 6.92 Å². The van der Waals surface area contributed by atoms with E-state index in [0.717, 1.165) is 10.0 Å². The number of halogens is 1. The van der Waals surface area contributed by atoms with E-state index >= 15 is 0 Å². The summed E-state index contributed by atoms with van der Waals surface area (Å²) in [6.45, 7) is 7.24. The zero-order valence-corrected chi connectivity index (χ0v) is 16.9. The topological polar surface area (TPSA) is 63.7 Å². The highest BCUT2D eigenvalue weighted by atomic mass is 79.9. The van der Waals surface area contributed by atoms with Gasteiger partial charge in [0.05, 0.1) is 21.9 Å². The zero-order chi connectivity index (χ0) is 18.6. The molecule has 0 spiro atoms. The van der Waals surface area contributed by atoms with Crippen LogP contribution in [-0.2, 0) is 14.6 Å². The molecule has 2 unspecified atom stereocenters. The Labute approximate surface area is 156 Å². The monoisotopic (exact) mass is 425 g/mol. The largest absolute Gasteiger partial charge is 0.444 e. The van der Waals surface area contributed by atoms with E-state index in [1.165, 1.54) is 4.90 Å². The van der Waals surface area contributed by atoms with Gasteiger partial charge in [-0.05, 0) is 52.0 Å². The molecule has 2 bridgehead atoms. The molecule has 1 amide bonds. The SMILES string of the molecule is Cc1ccc(S(=O)(=O)C2=CC3C(Br)=CC2N3C(=O)OC(C)(C)C)cc1. The number of amides is 1. The minimum absolute atomic E-state index is 0.218. The van der Waals surface area contributed by atoms with E-state index in [4.69, 9.17) is 4.74 Å². The number of hydrogen-bond donors (Lipinski definition) is 0. The van der Waals surface area contributed by atoms with Gasteiger partial charge in [-0.3, -0.25) is 4.90 Å². The summed E-state index contributed by atoms with van der Waals surface area (Å²) < 4.78 is 32.2. The van der Waals surface area contributed by atoms with Crippen LogP contribution in [0.2, 0.25) is 0 Å². The highest BCUT2D eigenvalue weighted by Crippen LogP contribution is 2.43. The molecule has 1 aromatic rings. The molecule has 5 nitrogen and oxygen atoms in total. The lowest BCUT2D eigenvalue weighted by Gasteiger charge is -2.28. The number of fused-ring (bicyclic) bond motifs is 2. The molecule has 2 atom stereocenters. The van der Waals surface area contributed by atoms with Gasteiger partial charge in [0.1, 0.15) is 5.60 Å².